The molecule has 1 saturated carbocycles. The van der Waals surface area contributed by atoms with Crippen molar-refractivity contribution in [1.82, 2.24) is 29.7 Å². The second kappa shape index (κ2) is 10.0. The lowest BCUT2D eigenvalue weighted by Gasteiger charge is -2.50. The third-order valence-electron chi connectivity index (χ3n) is 7.87. The van der Waals surface area contributed by atoms with Gasteiger partial charge in [-0.25, -0.2) is 14.4 Å². The molecule has 0 unspecified atom stereocenters. The molecule has 2 fully saturated rings. The molecule has 1 N–H and O–H groups in total. The van der Waals surface area contributed by atoms with Gasteiger partial charge in [-0.2, -0.15) is 0 Å². The molecule has 7 nitrogen and oxygen atoms in total. The highest BCUT2D eigenvalue weighted by molar-refractivity contribution is 6.07. The minimum atomic E-state index is -0.417. The molecule has 0 atom stereocenters. The van der Waals surface area contributed by atoms with Crippen LogP contribution < -0.4 is 5.32 Å². The highest BCUT2D eigenvalue weighted by atomic mass is 19.1. The Balaban J connectivity index is 1.39. The van der Waals surface area contributed by atoms with Crippen LogP contribution >= 0.6 is 0 Å². The standard InChI is InChI=1S/C27H35FN6O/c1-20(2)32-14-16-33(17-15-32)27(10-4-3-5-11-27)19-31-25(35)21-18-34(26-29-12-7-13-30-26)23-9-6-8-22(28)24(21)23/h6-9,12-13,18,20H,3-5,10-11,14-17,19H2,1-2H3,(H,31,35). The fourth-order valence-corrected chi connectivity index (χ4v) is 5.86. The Bertz CT molecular complexity index is 1160. The summed E-state index contributed by atoms with van der Waals surface area (Å²) in [5.74, 6) is -0.256. The largest absolute Gasteiger partial charge is 0.350 e. The fourth-order valence-electron chi connectivity index (χ4n) is 5.86. The Morgan fingerprint density at radius 1 is 1.06 bits per heavy atom. The van der Waals surface area contributed by atoms with Crippen LogP contribution in [-0.4, -0.2) is 74.5 Å². The second-order valence-electron chi connectivity index (χ2n) is 10.2. The first-order chi connectivity index (χ1) is 17.0. The highest BCUT2D eigenvalue weighted by Gasteiger charge is 2.40. The van der Waals surface area contributed by atoms with Gasteiger partial charge in [-0.3, -0.25) is 19.2 Å². The zero-order valence-corrected chi connectivity index (χ0v) is 20.7. The molecule has 186 valence electrons. The second-order valence-corrected chi connectivity index (χ2v) is 10.2. The van der Waals surface area contributed by atoms with E-state index in [0.29, 0.717) is 35.0 Å². The van der Waals surface area contributed by atoms with E-state index < -0.39 is 5.82 Å². The van der Waals surface area contributed by atoms with Crippen molar-refractivity contribution in [3.63, 3.8) is 0 Å². The SMILES string of the molecule is CC(C)N1CCN(C2(CNC(=O)c3cn(-c4ncccn4)c4cccc(F)c34)CCCCC2)CC1. The van der Waals surface area contributed by atoms with Gasteiger partial charge in [0.1, 0.15) is 5.82 Å². The summed E-state index contributed by atoms with van der Waals surface area (Å²) in [5.41, 5.74) is 0.871. The van der Waals surface area contributed by atoms with Crippen LogP contribution in [0.5, 0.6) is 0 Å². The van der Waals surface area contributed by atoms with E-state index >= 15 is 0 Å². The van der Waals surface area contributed by atoms with Gasteiger partial charge in [-0.05, 0) is 44.9 Å². The van der Waals surface area contributed by atoms with Crippen molar-refractivity contribution >= 4 is 16.8 Å². The molecule has 5 rings (SSSR count). The van der Waals surface area contributed by atoms with Crippen LogP contribution in [0.4, 0.5) is 4.39 Å². The van der Waals surface area contributed by atoms with E-state index in [1.807, 2.05) is 0 Å². The van der Waals surface area contributed by atoms with E-state index in [0.717, 1.165) is 39.0 Å². The minimum absolute atomic E-state index is 0.0313. The lowest BCUT2D eigenvalue weighted by Crippen LogP contribution is -2.62. The van der Waals surface area contributed by atoms with Crippen LogP contribution in [0.3, 0.4) is 0 Å². The van der Waals surface area contributed by atoms with Gasteiger partial charge >= 0.3 is 0 Å². The van der Waals surface area contributed by atoms with E-state index in [-0.39, 0.29) is 11.4 Å². The number of amides is 1. The molecule has 0 spiro atoms. The summed E-state index contributed by atoms with van der Waals surface area (Å²) >= 11 is 0. The first kappa shape index (κ1) is 23.9. The van der Waals surface area contributed by atoms with Gasteiger partial charge in [-0.15, -0.1) is 0 Å². The van der Waals surface area contributed by atoms with Crippen LogP contribution in [0.25, 0.3) is 16.9 Å². The molecule has 1 aromatic carbocycles. The van der Waals surface area contributed by atoms with Gasteiger partial charge < -0.3 is 5.32 Å². The van der Waals surface area contributed by atoms with Crippen LogP contribution in [-0.2, 0) is 0 Å². The molecule has 0 bridgehead atoms. The van der Waals surface area contributed by atoms with E-state index in [9.17, 15) is 9.18 Å². The third-order valence-corrected chi connectivity index (χ3v) is 7.87. The Labute approximate surface area is 206 Å². The molecular weight excluding hydrogens is 443 g/mol. The first-order valence-corrected chi connectivity index (χ1v) is 12.8. The van der Waals surface area contributed by atoms with Gasteiger partial charge in [0, 0.05) is 68.3 Å². The topological polar surface area (TPSA) is 66.3 Å². The van der Waals surface area contributed by atoms with Crippen molar-refractivity contribution in [2.45, 2.75) is 57.5 Å². The first-order valence-electron chi connectivity index (χ1n) is 12.8. The van der Waals surface area contributed by atoms with Crippen molar-refractivity contribution in [2.75, 3.05) is 32.7 Å². The summed E-state index contributed by atoms with van der Waals surface area (Å²) in [5, 5.41) is 3.52. The van der Waals surface area contributed by atoms with Crippen molar-refractivity contribution in [3.05, 3.63) is 54.2 Å². The van der Waals surface area contributed by atoms with Gasteiger partial charge in [0.2, 0.25) is 5.95 Å². The van der Waals surface area contributed by atoms with E-state index in [1.165, 1.54) is 25.3 Å². The number of carbonyl (C=O) groups is 1. The number of halogens is 1. The van der Waals surface area contributed by atoms with Crippen LogP contribution in [0.2, 0.25) is 0 Å². The average Bonchev–Trinajstić information content (AvgIpc) is 3.30. The summed E-state index contributed by atoms with van der Waals surface area (Å²) in [7, 11) is 0. The Kier molecular flexibility index (Phi) is 6.84. The maximum absolute atomic E-state index is 15.0. The van der Waals surface area contributed by atoms with E-state index in [1.54, 1.807) is 41.4 Å². The maximum atomic E-state index is 15.0. The summed E-state index contributed by atoms with van der Waals surface area (Å²) < 4.78 is 16.6. The predicted molar refractivity (Wildman–Crippen MR) is 135 cm³/mol. The van der Waals surface area contributed by atoms with Crippen molar-refractivity contribution in [3.8, 4) is 5.95 Å². The Morgan fingerprint density at radius 2 is 1.77 bits per heavy atom. The van der Waals surface area contributed by atoms with Crippen molar-refractivity contribution < 1.29 is 9.18 Å². The number of hydrogen-bond donors (Lipinski definition) is 1. The number of nitrogens with zero attached hydrogens (tertiary/aromatic N) is 5. The predicted octanol–water partition coefficient (Wildman–Crippen LogP) is 4.02. The van der Waals surface area contributed by atoms with Crippen LogP contribution in [0.15, 0.2) is 42.9 Å². The van der Waals surface area contributed by atoms with Gasteiger partial charge in [0.25, 0.3) is 5.91 Å². The summed E-state index contributed by atoms with van der Waals surface area (Å²) in [6.07, 6.45) is 10.7. The number of fused-ring (bicyclic) bond motifs is 1. The van der Waals surface area contributed by atoms with Crippen molar-refractivity contribution in [2.24, 2.45) is 0 Å². The molecule has 0 radical (unpaired) electrons. The zero-order chi connectivity index (χ0) is 24.4. The number of rotatable bonds is 6. The number of piperazine rings is 1. The number of carbonyl (C=O) groups excluding carboxylic acids is 1. The van der Waals surface area contributed by atoms with Gasteiger partial charge in [0.15, 0.2) is 0 Å². The number of aromatic nitrogens is 3. The average molecular weight is 479 g/mol. The lowest BCUT2D eigenvalue weighted by atomic mass is 9.79. The lowest BCUT2D eigenvalue weighted by molar-refractivity contribution is 0.000838. The molecule has 35 heavy (non-hydrogen) atoms. The quantitative estimate of drug-likeness (QED) is 0.580. The monoisotopic (exact) mass is 478 g/mol. The van der Waals surface area contributed by atoms with E-state index in [4.69, 9.17) is 0 Å². The molecule has 3 aromatic rings. The Morgan fingerprint density at radius 3 is 2.46 bits per heavy atom. The molecule has 1 aliphatic heterocycles. The van der Waals surface area contributed by atoms with Gasteiger partial charge in [0.05, 0.1) is 11.1 Å². The fraction of sp³-hybridized carbons (Fsp3) is 0.519. The van der Waals surface area contributed by atoms with Crippen LogP contribution in [0.1, 0.15) is 56.3 Å². The third kappa shape index (κ3) is 4.69. The number of nitrogens with one attached hydrogen (secondary N) is 1. The minimum Gasteiger partial charge on any atom is -0.350 e. The molecule has 2 aromatic heterocycles. The summed E-state index contributed by atoms with van der Waals surface area (Å²) in [6.45, 7) is 9.24. The number of benzene rings is 1. The number of hydrogen-bond acceptors (Lipinski definition) is 5. The normalized spacial score (nSPS) is 19.3. The molecule has 1 amide bonds. The smallest absolute Gasteiger partial charge is 0.253 e. The highest BCUT2D eigenvalue weighted by Crippen LogP contribution is 2.34. The molecular formula is C27H35FN6O. The molecule has 2 aliphatic rings. The zero-order valence-electron chi connectivity index (χ0n) is 20.7. The van der Waals surface area contributed by atoms with Crippen LogP contribution in [0, 0.1) is 5.82 Å². The summed E-state index contributed by atoms with van der Waals surface area (Å²) in [4.78, 5) is 27.2. The molecule has 1 saturated heterocycles. The Hall–Kier alpha value is -2.84. The summed E-state index contributed by atoms with van der Waals surface area (Å²) in [6, 6.07) is 7.12. The molecule has 8 heteroatoms. The van der Waals surface area contributed by atoms with E-state index in [2.05, 4.69) is 38.9 Å². The molecule has 3 heterocycles. The van der Waals surface area contributed by atoms with Gasteiger partial charge in [-0.1, -0.05) is 25.3 Å². The molecule has 1 aliphatic carbocycles. The van der Waals surface area contributed by atoms with Crippen molar-refractivity contribution in [1.29, 1.82) is 0 Å². The maximum Gasteiger partial charge on any atom is 0.253 e.